The predicted molar refractivity (Wildman–Crippen MR) is 99.1 cm³/mol. The minimum atomic E-state index is -0.552. The van der Waals surface area contributed by atoms with E-state index in [4.69, 9.17) is 4.74 Å². The van der Waals surface area contributed by atoms with Gasteiger partial charge in [0.15, 0.2) is 6.10 Å². The Morgan fingerprint density at radius 2 is 1.92 bits per heavy atom. The van der Waals surface area contributed by atoms with Crippen molar-refractivity contribution < 1.29 is 9.53 Å². The fourth-order valence-corrected chi connectivity index (χ4v) is 2.15. The molecule has 0 aliphatic carbocycles. The van der Waals surface area contributed by atoms with Crippen LogP contribution in [0, 0.1) is 6.92 Å². The molecule has 1 aromatic heterocycles. The first-order valence-corrected chi connectivity index (χ1v) is 8.22. The monoisotopic (exact) mass is 343 g/mol. The number of anilines is 2. The maximum Gasteiger partial charge on any atom is 0.260 e. The quantitative estimate of drug-likeness (QED) is 0.712. The Balaban J connectivity index is 1.76. The van der Waals surface area contributed by atoms with Crippen molar-refractivity contribution in [1.82, 2.24) is 15.3 Å². The largest absolute Gasteiger partial charge is 0.481 e. The summed E-state index contributed by atoms with van der Waals surface area (Å²) in [6.45, 7) is 4.62. The minimum Gasteiger partial charge on any atom is -0.481 e. The summed E-state index contributed by atoms with van der Waals surface area (Å²) in [6.07, 6.45) is -0.552. The fraction of sp³-hybridized carbons (Fsp3) is 0.389. The molecule has 0 spiro atoms. The zero-order valence-corrected chi connectivity index (χ0v) is 15.1. The molecule has 25 heavy (non-hydrogen) atoms. The van der Waals surface area contributed by atoms with E-state index < -0.39 is 6.10 Å². The second-order valence-electron chi connectivity index (χ2n) is 5.84. The number of amides is 1. The first kappa shape index (κ1) is 18.5. The third kappa shape index (κ3) is 5.95. The highest BCUT2D eigenvalue weighted by Gasteiger charge is 2.13. The van der Waals surface area contributed by atoms with E-state index in [9.17, 15) is 4.79 Å². The van der Waals surface area contributed by atoms with Gasteiger partial charge in [-0.25, -0.2) is 9.97 Å². The molecule has 0 saturated heterocycles. The number of para-hydroxylation sites is 1. The molecular formula is C18H25N5O2. The lowest BCUT2D eigenvalue weighted by Gasteiger charge is -2.16. The van der Waals surface area contributed by atoms with Gasteiger partial charge in [-0.1, -0.05) is 18.2 Å². The van der Waals surface area contributed by atoms with Crippen LogP contribution in [0.15, 0.2) is 36.4 Å². The Kier molecular flexibility index (Phi) is 6.56. The van der Waals surface area contributed by atoms with Gasteiger partial charge in [-0.3, -0.25) is 4.79 Å². The molecule has 7 nitrogen and oxygen atoms in total. The van der Waals surface area contributed by atoms with Gasteiger partial charge in [-0.2, -0.15) is 0 Å². The Hall–Kier alpha value is -2.83. The number of carbonyl (C=O) groups excluding carboxylic acids is 1. The smallest absolute Gasteiger partial charge is 0.260 e. The average Bonchev–Trinajstić information content (AvgIpc) is 2.58. The molecule has 2 rings (SSSR count). The van der Waals surface area contributed by atoms with Crippen molar-refractivity contribution in [3.63, 3.8) is 0 Å². The van der Waals surface area contributed by atoms with Crippen LogP contribution >= 0.6 is 0 Å². The van der Waals surface area contributed by atoms with E-state index in [0.717, 1.165) is 11.6 Å². The second-order valence-corrected chi connectivity index (χ2v) is 5.84. The van der Waals surface area contributed by atoms with Crippen LogP contribution in [0.2, 0.25) is 0 Å². The van der Waals surface area contributed by atoms with Crippen molar-refractivity contribution in [3.05, 3.63) is 42.2 Å². The van der Waals surface area contributed by atoms with Gasteiger partial charge in [0.25, 0.3) is 5.91 Å². The van der Waals surface area contributed by atoms with Gasteiger partial charge >= 0.3 is 0 Å². The first-order chi connectivity index (χ1) is 12.0. The number of nitrogens with one attached hydrogen (secondary N) is 2. The van der Waals surface area contributed by atoms with Gasteiger partial charge in [0.05, 0.1) is 0 Å². The second kappa shape index (κ2) is 8.86. The number of carbonyl (C=O) groups is 1. The van der Waals surface area contributed by atoms with Gasteiger partial charge in [-0.15, -0.1) is 0 Å². The summed E-state index contributed by atoms with van der Waals surface area (Å²) in [5, 5.41) is 6.04. The van der Waals surface area contributed by atoms with Gasteiger partial charge in [0.2, 0.25) is 0 Å². The molecule has 7 heteroatoms. The lowest BCUT2D eigenvalue weighted by molar-refractivity contribution is -0.127. The van der Waals surface area contributed by atoms with Crippen molar-refractivity contribution in [2.24, 2.45) is 0 Å². The Morgan fingerprint density at radius 3 is 2.60 bits per heavy atom. The number of aromatic nitrogens is 2. The third-order valence-corrected chi connectivity index (χ3v) is 3.44. The summed E-state index contributed by atoms with van der Waals surface area (Å²) in [4.78, 5) is 22.7. The molecule has 0 unspecified atom stereocenters. The Morgan fingerprint density at radius 1 is 1.20 bits per heavy atom. The normalized spacial score (nSPS) is 11.5. The molecule has 0 radical (unpaired) electrons. The van der Waals surface area contributed by atoms with Crippen LogP contribution < -0.4 is 20.3 Å². The van der Waals surface area contributed by atoms with Crippen molar-refractivity contribution in [2.75, 3.05) is 37.4 Å². The number of ether oxygens (including phenoxy) is 1. The van der Waals surface area contributed by atoms with E-state index in [1.165, 1.54) is 0 Å². The highest BCUT2D eigenvalue weighted by atomic mass is 16.5. The number of hydrogen-bond acceptors (Lipinski definition) is 6. The van der Waals surface area contributed by atoms with Gasteiger partial charge in [0, 0.05) is 33.3 Å². The summed E-state index contributed by atoms with van der Waals surface area (Å²) in [6, 6.07) is 11.2. The summed E-state index contributed by atoms with van der Waals surface area (Å²) in [5.41, 5.74) is 0. The SMILES string of the molecule is Cc1nc(NCCNC(=O)[C@@H](C)Oc2ccccc2)cc(N(C)C)n1. The van der Waals surface area contributed by atoms with E-state index in [1.807, 2.05) is 62.3 Å². The Bertz CT molecular complexity index is 691. The van der Waals surface area contributed by atoms with E-state index in [-0.39, 0.29) is 5.91 Å². The molecule has 0 saturated carbocycles. The summed E-state index contributed by atoms with van der Waals surface area (Å²) >= 11 is 0. The zero-order valence-electron chi connectivity index (χ0n) is 15.1. The highest BCUT2D eigenvalue weighted by Crippen LogP contribution is 2.13. The number of hydrogen-bond donors (Lipinski definition) is 2. The van der Waals surface area contributed by atoms with E-state index >= 15 is 0 Å². The van der Waals surface area contributed by atoms with Gasteiger partial charge in [0.1, 0.15) is 23.2 Å². The topological polar surface area (TPSA) is 79.4 Å². The minimum absolute atomic E-state index is 0.154. The van der Waals surface area contributed by atoms with Crippen molar-refractivity contribution in [1.29, 1.82) is 0 Å². The molecule has 1 amide bonds. The fourth-order valence-electron chi connectivity index (χ4n) is 2.15. The van der Waals surface area contributed by atoms with E-state index in [1.54, 1.807) is 6.92 Å². The molecule has 0 bridgehead atoms. The third-order valence-electron chi connectivity index (χ3n) is 3.44. The highest BCUT2D eigenvalue weighted by molar-refractivity contribution is 5.80. The summed E-state index contributed by atoms with van der Waals surface area (Å²) in [5.74, 6) is 2.79. The molecule has 0 aliphatic heterocycles. The van der Waals surface area contributed by atoms with Gasteiger partial charge < -0.3 is 20.3 Å². The molecular weight excluding hydrogens is 318 g/mol. The van der Waals surface area contributed by atoms with Crippen LogP contribution in [0.5, 0.6) is 5.75 Å². The van der Waals surface area contributed by atoms with Crippen molar-refractivity contribution in [2.45, 2.75) is 20.0 Å². The molecule has 2 N–H and O–H groups in total. The van der Waals surface area contributed by atoms with Crippen LogP contribution in [-0.2, 0) is 4.79 Å². The molecule has 1 heterocycles. The maximum atomic E-state index is 12.1. The Labute approximate surface area is 148 Å². The zero-order chi connectivity index (χ0) is 18.2. The maximum absolute atomic E-state index is 12.1. The standard InChI is InChI=1S/C18H25N5O2/c1-13(25-15-8-6-5-7-9-15)18(24)20-11-10-19-16-12-17(23(3)4)22-14(2)21-16/h5-9,12-13H,10-11H2,1-4H3,(H,20,24)(H,19,21,22)/t13-/m1/s1. The molecule has 0 fully saturated rings. The molecule has 134 valence electrons. The van der Waals surface area contributed by atoms with Gasteiger partial charge in [-0.05, 0) is 26.0 Å². The molecule has 2 aromatic rings. The summed E-state index contributed by atoms with van der Waals surface area (Å²) in [7, 11) is 3.86. The predicted octanol–water partition coefficient (Wildman–Crippen LogP) is 1.85. The summed E-state index contributed by atoms with van der Waals surface area (Å²) < 4.78 is 5.59. The molecule has 0 aliphatic rings. The lowest BCUT2D eigenvalue weighted by atomic mass is 10.3. The lowest BCUT2D eigenvalue weighted by Crippen LogP contribution is -2.38. The number of nitrogens with zero attached hydrogens (tertiary/aromatic N) is 3. The van der Waals surface area contributed by atoms with Crippen LogP contribution in [0.4, 0.5) is 11.6 Å². The van der Waals surface area contributed by atoms with Crippen LogP contribution in [0.3, 0.4) is 0 Å². The van der Waals surface area contributed by atoms with Crippen LogP contribution in [0.1, 0.15) is 12.7 Å². The molecule has 1 atom stereocenters. The van der Waals surface area contributed by atoms with Crippen LogP contribution in [-0.4, -0.2) is 49.2 Å². The number of rotatable bonds is 8. The molecule has 1 aromatic carbocycles. The van der Waals surface area contributed by atoms with E-state index in [2.05, 4.69) is 20.6 Å². The first-order valence-electron chi connectivity index (χ1n) is 8.22. The number of aryl methyl sites for hydroxylation is 1. The van der Waals surface area contributed by atoms with Crippen molar-refractivity contribution in [3.8, 4) is 5.75 Å². The number of benzene rings is 1. The van der Waals surface area contributed by atoms with E-state index in [0.29, 0.717) is 24.7 Å². The van der Waals surface area contributed by atoms with Crippen molar-refractivity contribution >= 4 is 17.5 Å². The van der Waals surface area contributed by atoms with Crippen LogP contribution in [0.25, 0.3) is 0 Å². The average molecular weight is 343 g/mol.